The molecule has 0 fully saturated rings. The quantitative estimate of drug-likeness (QED) is 0.574. The first kappa shape index (κ1) is 19.7. The van der Waals surface area contributed by atoms with Gasteiger partial charge in [-0.15, -0.1) is 0 Å². The van der Waals surface area contributed by atoms with Crippen LogP contribution in [0.5, 0.6) is 0 Å². The lowest BCUT2D eigenvalue weighted by Gasteiger charge is -2.22. The van der Waals surface area contributed by atoms with Crippen molar-refractivity contribution < 1.29 is 24.2 Å². The summed E-state index contributed by atoms with van der Waals surface area (Å²) < 4.78 is 11.6. The van der Waals surface area contributed by atoms with Gasteiger partial charge >= 0.3 is 12.1 Å². The minimum Gasteiger partial charge on any atom is -0.429 e. The van der Waals surface area contributed by atoms with E-state index in [9.17, 15) is 14.7 Å². The first-order valence-electron chi connectivity index (χ1n) is 8.53. The topological polar surface area (TPSA) is 90.7 Å². The van der Waals surface area contributed by atoms with E-state index in [1.165, 1.54) is 0 Å². The van der Waals surface area contributed by atoms with Crippen molar-refractivity contribution in [1.29, 1.82) is 0 Å². The number of carbonyl (C=O) groups excluding carboxylic acids is 2. The molecule has 140 valence electrons. The van der Waals surface area contributed by atoms with Gasteiger partial charge in [0, 0.05) is 31.5 Å². The van der Waals surface area contributed by atoms with Gasteiger partial charge in [0.15, 0.2) is 0 Å². The van der Waals surface area contributed by atoms with Crippen molar-refractivity contribution in [2.45, 2.75) is 26.4 Å². The second-order valence-electron chi connectivity index (χ2n) is 6.10. The molecule has 2 aromatic rings. The van der Waals surface area contributed by atoms with Gasteiger partial charge in [0.25, 0.3) is 0 Å². The first-order valence-corrected chi connectivity index (χ1v) is 8.53. The van der Waals surface area contributed by atoms with Crippen LogP contribution in [-0.4, -0.2) is 33.4 Å². The molecule has 2 unspecified atom stereocenters. The maximum Gasteiger partial charge on any atom is 0.516 e. The molecular formula is C19H24N2O5. The molecule has 0 spiro atoms. The molecule has 7 nitrogen and oxygen atoms in total. The van der Waals surface area contributed by atoms with Crippen LogP contribution >= 0.6 is 0 Å². The van der Waals surface area contributed by atoms with E-state index >= 15 is 0 Å². The number of hydrogen-bond acceptors (Lipinski definition) is 6. The maximum absolute atomic E-state index is 12.4. The molecule has 2 atom stereocenters. The summed E-state index contributed by atoms with van der Waals surface area (Å²) in [7, 11) is 1.84. The van der Waals surface area contributed by atoms with Crippen LogP contribution in [0.1, 0.15) is 24.6 Å². The van der Waals surface area contributed by atoms with Gasteiger partial charge in [0.05, 0.1) is 12.2 Å². The number of aromatic nitrogens is 2. The molecule has 1 N–H and O–H groups in total. The summed E-state index contributed by atoms with van der Waals surface area (Å²) in [6, 6.07) is 9.12. The highest BCUT2D eigenvalue weighted by Crippen LogP contribution is 2.22. The Labute approximate surface area is 152 Å². The van der Waals surface area contributed by atoms with Gasteiger partial charge < -0.3 is 19.1 Å². The van der Waals surface area contributed by atoms with Crippen molar-refractivity contribution in [2.24, 2.45) is 18.9 Å². The van der Waals surface area contributed by atoms with E-state index in [1.54, 1.807) is 24.7 Å². The van der Waals surface area contributed by atoms with Gasteiger partial charge in [-0.2, -0.15) is 0 Å². The number of hydrogen-bond donors (Lipinski definition) is 1. The standard InChI is InChI=1S/C19H24N2O5/c1-3-17(15(11-22)9-16-10-20-13-21(16)2)18(23)26-19(24)25-12-14-7-5-4-6-8-14/h4-8,10,13,15,17,22H,3,9,11-12H2,1-2H3. The minimum absolute atomic E-state index is 0.0300. The summed E-state index contributed by atoms with van der Waals surface area (Å²) in [6.07, 6.45) is 3.21. The van der Waals surface area contributed by atoms with Gasteiger partial charge in [-0.05, 0) is 18.4 Å². The lowest BCUT2D eigenvalue weighted by atomic mass is 9.87. The zero-order valence-electron chi connectivity index (χ0n) is 15.0. The van der Waals surface area contributed by atoms with Crippen LogP contribution < -0.4 is 0 Å². The Hall–Kier alpha value is -2.67. The third-order valence-electron chi connectivity index (χ3n) is 4.32. The molecule has 1 heterocycles. The Bertz CT molecular complexity index is 714. The molecule has 7 heteroatoms. The third-order valence-corrected chi connectivity index (χ3v) is 4.32. The summed E-state index contributed by atoms with van der Waals surface area (Å²) in [6.45, 7) is 1.65. The predicted octanol–water partition coefficient (Wildman–Crippen LogP) is 2.48. The Kier molecular flexibility index (Phi) is 7.35. The van der Waals surface area contributed by atoms with E-state index in [0.717, 1.165) is 11.3 Å². The van der Waals surface area contributed by atoms with Crippen molar-refractivity contribution in [3.8, 4) is 0 Å². The molecule has 0 aliphatic heterocycles. The van der Waals surface area contributed by atoms with Crippen LogP contribution in [0.3, 0.4) is 0 Å². The van der Waals surface area contributed by atoms with Gasteiger partial charge in [0.2, 0.25) is 0 Å². The monoisotopic (exact) mass is 360 g/mol. The van der Waals surface area contributed by atoms with Crippen molar-refractivity contribution in [3.05, 3.63) is 54.1 Å². The number of aliphatic hydroxyl groups is 1. The average molecular weight is 360 g/mol. The van der Waals surface area contributed by atoms with E-state index in [4.69, 9.17) is 9.47 Å². The smallest absolute Gasteiger partial charge is 0.429 e. The molecule has 2 rings (SSSR count). The maximum atomic E-state index is 12.4. The molecule has 0 saturated carbocycles. The van der Waals surface area contributed by atoms with Crippen LogP contribution in [-0.2, 0) is 34.3 Å². The highest BCUT2D eigenvalue weighted by atomic mass is 16.7. The molecule has 1 aromatic carbocycles. The van der Waals surface area contributed by atoms with Gasteiger partial charge in [-0.3, -0.25) is 4.79 Å². The van der Waals surface area contributed by atoms with Crippen molar-refractivity contribution >= 4 is 12.1 Å². The minimum atomic E-state index is -1.03. The van der Waals surface area contributed by atoms with Crippen LogP contribution in [0.4, 0.5) is 4.79 Å². The lowest BCUT2D eigenvalue weighted by molar-refractivity contribution is -0.147. The SMILES string of the molecule is CCC(C(=O)OC(=O)OCc1ccccc1)C(CO)Cc1cncn1C. The summed E-state index contributed by atoms with van der Waals surface area (Å²) in [4.78, 5) is 28.2. The van der Waals surface area contributed by atoms with Crippen molar-refractivity contribution in [2.75, 3.05) is 6.61 Å². The summed E-state index contributed by atoms with van der Waals surface area (Å²) >= 11 is 0. The van der Waals surface area contributed by atoms with Gasteiger partial charge in [-0.25, -0.2) is 9.78 Å². The molecular weight excluding hydrogens is 336 g/mol. The Morgan fingerprint density at radius 2 is 2.00 bits per heavy atom. The molecule has 0 bridgehead atoms. The number of carbonyl (C=O) groups is 2. The molecule has 1 aromatic heterocycles. The van der Waals surface area contributed by atoms with E-state index in [-0.39, 0.29) is 19.1 Å². The number of imidazole rings is 1. The number of esters is 1. The Morgan fingerprint density at radius 1 is 1.27 bits per heavy atom. The van der Waals surface area contributed by atoms with Crippen LogP contribution in [0.2, 0.25) is 0 Å². The van der Waals surface area contributed by atoms with Crippen LogP contribution in [0, 0.1) is 11.8 Å². The zero-order valence-corrected chi connectivity index (χ0v) is 15.0. The Balaban J connectivity index is 1.91. The van der Waals surface area contributed by atoms with Crippen molar-refractivity contribution in [1.82, 2.24) is 9.55 Å². The van der Waals surface area contributed by atoms with Crippen LogP contribution in [0.15, 0.2) is 42.9 Å². The van der Waals surface area contributed by atoms with E-state index < -0.39 is 18.0 Å². The van der Waals surface area contributed by atoms with E-state index in [1.807, 2.05) is 36.7 Å². The number of aryl methyl sites for hydroxylation is 1. The van der Waals surface area contributed by atoms with E-state index in [0.29, 0.717) is 12.8 Å². The first-order chi connectivity index (χ1) is 12.5. The van der Waals surface area contributed by atoms with Gasteiger partial charge in [-0.1, -0.05) is 37.3 Å². The molecule has 26 heavy (non-hydrogen) atoms. The highest BCUT2D eigenvalue weighted by molar-refractivity contribution is 5.83. The average Bonchev–Trinajstić information content (AvgIpc) is 3.05. The highest BCUT2D eigenvalue weighted by Gasteiger charge is 2.30. The number of aliphatic hydroxyl groups excluding tert-OH is 1. The summed E-state index contributed by atoms with van der Waals surface area (Å²) in [5, 5.41) is 9.70. The largest absolute Gasteiger partial charge is 0.516 e. The number of ether oxygens (including phenoxy) is 2. The fourth-order valence-electron chi connectivity index (χ4n) is 2.78. The molecule has 0 amide bonds. The lowest BCUT2D eigenvalue weighted by Crippen LogP contribution is -2.31. The number of rotatable bonds is 8. The number of benzene rings is 1. The van der Waals surface area contributed by atoms with Crippen LogP contribution in [0.25, 0.3) is 0 Å². The summed E-state index contributed by atoms with van der Waals surface area (Å²) in [5.41, 5.74) is 1.69. The molecule has 0 aliphatic rings. The molecule has 0 aliphatic carbocycles. The third kappa shape index (κ3) is 5.42. The fourth-order valence-corrected chi connectivity index (χ4v) is 2.78. The van der Waals surface area contributed by atoms with E-state index in [2.05, 4.69) is 4.98 Å². The Morgan fingerprint density at radius 3 is 2.58 bits per heavy atom. The number of nitrogens with zero attached hydrogens (tertiary/aromatic N) is 2. The predicted molar refractivity (Wildman–Crippen MR) is 94.0 cm³/mol. The molecule has 0 saturated heterocycles. The zero-order chi connectivity index (χ0) is 18.9. The summed E-state index contributed by atoms with van der Waals surface area (Å²) in [5.74, 6) is -1.67. The second kappa shape index (κ2) is 9.72. The normalized spacial score (nSPS) is 13.0. The van der Waals surface area contributed by atoms with Gasteiger partial charge in [0.1, 0.15) is 6.61 Å². The molecule has 0 radical (unpaired) electrons. The van der Waals surface area contributed by atoms with Crippen molar-refractivity contribution in [3.63, 3.8) is 0 Å². The fraction of sp³-hybridized carbons (Fsp3) is 0.421. The second-order valence-corrected chi connectivity index (χ2v) is 6.10.